The Balaban J connectivity index is 0.000000533. The van der Waals surface area contributed by atoms with Crippen LogP contribution in [0.25, 0.3) is 0 Å². The lowest BCUT2D eigenvalue weighted by molar-refractivity contribution is 0.341. The molecule has 0 heterocycles. The molecule has 0 amide bonds. The van der Waals surface area contributed by atoms with Crippen LogP contribution < -0.4 is 0 Å². The molecule has 1 unspecified atom stereocenters. The van der Waals surface area contributed by atoms with Crippen molar-refractivity contribution in [3.8, 4) is 5.75 Å². The summed E-state index contributed by atoms with van der Waals surface area (Å²) in [4.78, 5) is 0. The number of aliphatic hydroxyl groups is 1. The van der Waals surface area contributed by atoms with E-state index in [-0.39, 0.29) is 6.61 Å². The first-order valence-corrected chi connectivity index (χ1v) is 10.4. The molecule has 0 bridgehead atoms. The molecule has 2 nitrogen and oxygen atoms in total. The molecule has 0 saturated heterocycles. The van der Waals surface area contributed by atoms with Crippen LogP contribution in [0.5, 0.6) is 5.75 Å². The van der Waals surface area contributed by atoms with Crippen LogP contribution in [0.3, 0.4) is 0 Å². The lowest BCUT2D eigenvalue weighted by atomic mass is 9.97. The zero-order valence-corrected chi connectivity index (χ0v) is 18.7. The number of phenolic OH excluding ortho intramolecular Hbond substituents is 1. The summed E-state index contributed by atoms with van der Waals surface area (Å²) in [7, 11) is 0. The Bertz CT molecular complexity index is 578. The Morgan fingerprint density at radius 3 is 2.22 bits per heavy atom. The van der Waals surface area contributed by atoms with Gasteiger partial charge in [0, 0.05) is 0 Å². The van der Waals surface area contributed by atoms with Gasteiger partial charge in [-0.25, -0.2) is 0 Å². The Labute approximate surface area is 168 Å². The van der Waals surface area contributed by atoms with E-state index in [1.54, 1.807) is 6.07 Å². The summed E-state index contributed by atoms with van der Waals surface area (Å²) in [5.41, 5.74) is 4.87. The third kappa shape index (κ3) is 13.3. The highest BCUT2D eigenvalue weighted by Gasteiger charge is 2.04. The van der Waals surface area contributed by atoms with E-state index in [0.29, 0.717) is 11.7 Å². The molecule has 0 fully saturated rings. The monoisotopic (exact) mass is 374 g/mol. The molecule has 0 aromatic heterocycles. The van der Waals surface area contributed by atoms with Crippen LogP contribution in [-0.2, 0) is 0 Å². The van der Waals surface area contributed by atoms with Crippen molar-refractivity contribution in [3.63, 3.8) is 0 Å². The van der Waals surface area contributed by atoms with Gasteiger partial charge in [-0.05, 0) is 82.4 Å². The summed E-state index contributed by atoms with van der Waals surface area (Å²) in [6.07, 6.45) is 10.4. The standard InChI is InChI=1S/C15H28O.C10H14O/c1-13(2)7-5-8-14(3)9-6-10-15(4)11-12-16;1-7(2)9-5-4-8(3)6-10(9)11/h7,11,14,16H,5-6,8-10,12H2,1-4H3;4-7,11H,1-3H3. The van der Waals surface area contributed by atoms with Gasteiger partial charge in [-0.1, -0.05) is 62.6 Å². The smallest absolute Gasteiger partial charge is 0.119 e. The van der Waals surface area contributed by atoms with Crippen molar-refractivity contribution in [1.29, 1.82) is 0 Å². The normalized spacial score (nSPS) is 12.4. The van der Waals surface area contributed by atoms with E-state index in [1.807, 2.05) is 25.1 Å². The van der Waals surface area contributed by atoms with Crippen LogP contribution in [-0.4, -0.2) is 16.8 Å². The van der Waals surface area contributed by atoms with E-state index in [4.69, 9.17) is 5.11 Å². The average molecular weight is 375 g/mol. The van der Waals surface area contributed by atoms with Gasteiger partial charge < -0.3 is 10.2 Å². The van der Waals surface area contributed by atoms with Crippen molar-refractivity contribution in [3.05, 3.63) is 52.6 Å². The fourth-order valence-electron chi connectivity index (χ4n) is 2.93. The van der Waals surface area contributed by atoms with Gasteiger partial charge in [0.2, 0.25) is 0 Å². The fraction of sp³-hybridized carbons (Fsp3) is 0.600. The Morgan fingerprint density at radius 1 is 1.04 bits per heavy atom. The van der Waals surface area contributed by atoms with Crippen LogP contribution in [0.4, 0.5) is 0 Å². The van der Waals surface area contributed by atoms with E-state index in [0.717, 1.165) is 23.5 Å². The van der Waals surface area contributed by atoms with Crippen molar-refractivity contribution in [2.75, 3.05) is 6.61 Å². The zero-order chi connectivity index (χ0) is 20.8. The minimum atomic E-state index is 0.182. The number of aliphatic hydroxyl groups excluding tert-OH is 1. The molecule has 1 atom stereocenters. The van der Waals surface area contributed by atoms with E-state index < -0.39 is 0 Å². The molecule has 0 aliphatic heterocycles. The number of hydrogen-bond donors (Lipinski definition) is 2. The minimum absolute atomic E-state index is 0.182. The molecule has 1 aromatic rings. The predicted octanol–water partition coefficient (Wildman–Crippen LogP) is 7.30. The second kappa shape index (κ2) is 14.5. The average Bonchev–Trinajstić information content (AvgIpc) is 2.55. The lowest BCUT2D eigenvalue weighted by Crippen LogP contribution is -1.94. The Hall–Kier alpha value is -1.54. The van der Waals surface area contributed by atoms with E-state index >= 15 is 0 Å². The van der Waals surface area contributed by atoms with Crippen LogP contribution in [0.15, 0.2) is 41.5 Å². The second-order valence-electron chi connectivity index (χ2n) is 8.31. The van der Waals surface area contributed by atoms with Crippen molar-refractivity contribution < 1.29 is 10.2 Å². The molecule has 0 aliphatic rings. The summed E-state index contributed by atoms with van der Waals surface area (Å²) < 4.78 is 0. The summed E-state index contributed by atoms with van der Waals surface area (Å²) in [5, 5.41) is 18.2. The van der Waals surface area contributed by atoms with Crippen molar-refractivity contribution in [1.82, 2.24) is 0 Å². The van der Waals surface area contributed by atoms with Crippen LogP contribution in [0, 0.1) is 12.8 Å². The van der Waals surface area contributed by atoms with Gasteiger partial charge in [-0.3, -0.25) is 0 Å². The summed E-state index contributed by atoms with van der Waals surface area (Å²) in [6.45, 7) is 15.1. The van der Waals surface area contributed by atoms with E-state index in [2.05, 4.69) is 47.6 Å². The first-order chi connectivity index (χ1) is 12.7. The molecule has 1 rings (SSSR count). The van der Waals surface area contributed by atoms with Gasteiger partial charge >= 0.3 is 0 Å². The van der Waals surface area contributed by atoms with Crippen LogP contribution in [0.2, 0.25) is 0 Å². The molecule has 2 heteroatoms. The maximum absolute atomic E-state index is 9.46. The quantitative estimate of drug-likeness (QED) is 0.445. The molecule has 2 N–H and O–H groups in total. The van der Waals surface area contributed by atoms with Gasteiger partial charge in [0.15, 0.2) is 0 Å². The Morgan fingerprint density at radius 2 is 1.70 bits per heavy atom. The number of allylic oxidation sites excluding steroid dienone is 3. The maximum atomic E-state index is 9.46. The van der Waals surface area contributed by atoms with Crippen molar-refractivity contribution in [2.45, 2.75) is 86.5 Å². The Kier molecular flexibility index (Phi) is 13.7. The van der Waals surface area contributed by atoms with Crippen molar-refractivity contribution >= 4 is 0 Å². The summed E-state index contributed by atoms with van der Waals surface area (Å²) >= 11 is 0. The molecule has 0 radical (unpaired) electrons. The van der Waals surface area contributed by atoms with Crippen LogP contribution >= 0.6 is 0 Å². The lowest BCUT2D eigenvalue weighted by Gasteiger charge is -2.10. The second-order valence-corrected chi connectivity index (χ2v) is 8.31. The number of benzene rings is 1. The van der Waals surface area contributed by atoms with Crippen LogP contribution in [0.1, 0.15) is 90.7 Å². The maximum Gasteiger partial charge on any atom is 0.119 e. The molecular weight excluding hydrogens is 332 g/mol. The van der Waals surface area contributed by atoms with Gasteiger partial charge in [-0.15, -0.1) is 0 Å². The number of rotatable bonds is 9. The van der Waals surface area contributed by atoms with E-state index in [9.17, 15) is 5.11 Å². The SMILES string of the molecule is CC(C)=CCCC(C)CCCC(C)=CCO.Cc1ccc(C(C)C)c(O)c1. The van der Waals surface area contributed by atoms with Gasteiger partial charge in [0.25, 0.3) is 0 Å². The summed E-state index contributed by atoms with van der Waals surface area (Å²) in [6, 6.07) is 5.81. The zero-order valence-electron chi connectivity index (χ0n) is 18.7. The first kappa shape index (κ1) is 25.5. The summed E-state index contributed by atoms with van der Waals surface area (Å²) in [5.74, 6) is 1.63. The molecular formula is C25H42O2. The number of aromatic hydroxyl groups is 1. The molecule has 0 saturated carbocycles. The molecule has 0 aliphatic carbocycles. The van der Waals surface area contributed by atoms with Crippen molar-refractivity contribution in [2.24, 2.45) is 5.92 Å². The highest BCUT2D eigenvalue weighted by Crippen LogP contribution is 2.25. The van der Waals surface area contributed by atoms with Gasteiger partial charge in [0.05, 0.1) is 6.61 Å². The molecule has 27 heavy (non-hydrogen) atoms. The third-order valence-corrected chi connectivity index (χ3v) is 4.73. The highest BCUT2D eigenvalue weighted by atomic mass is 16.3. The molecule has 1 aromatic carbocycles. The molecule has 154 valence electrons. The number of hydrogen-bond acceptors (Lipinski definition) is 2. The third-order valence-electron chi connectivity index (χ3n) is 4.73. The highest BCUT2D eigenvalue weighted by molar-refractivity contribution is 5.37. The van der Waals surface area contributed by atoms with Gasteiger partial charge in [0.1, 0.15) is 5.75 Å². The predicted molar refractivity (Wildman–Crippen MR) is 119 cm³/mol. The fourth-order valence-corrected chi connectivity index (χ4v) is 2.93. The van der Waals surface area contributed by atoms with E-state index in [1.165, 1.54) is 36.8 Å². The minimum Gasteiger partial charge on any atom is -0.508 e. The first-order valence-electron chi connectivity index (χ1n) is 10.4. The molecule has 0 spiro atoms. The number of aryl methyl sites for hydroxylation is 1. The largest absolute Gasteiger partial charge is 0.508 e. The van der Waals surface area contributed by atoms with Gasteiger partial charge in [-0.2, -0.15) is 0 Å². The number of phenols is 1. The topological polar surface area (TPSA) is 40.5 Å².